The van der Waals surface area contributed by atoms with E-state index in [9.17, 15) is 0 Å². The van der Waals surface area contributed by atoms with Gasteiger partial charge in [-0.2, -0.15) is 0 Å². The zero-order valence-corrected chi connectivity index (χ0v) is 66.3. The molecular formula is C109H79N7Si. The standard InChI is InChI=1S/C55H38N2.C54H41N5Si/c1-37-23-27-46(28-24-37)56-52-21-10-8-19-48(52)50-29-25-42(36-55(50)56)41-26-30-54-51(35-41)49-20-9-11-22-53(49)57(54)47-18-12-17-40(34-47)45-32-43(38-13-4-2-5-14-38)31-44(33-45)39-15-6-3-7-16-39;1-60(2,3)43-30-28-42(29-31-43)59-48-20-12-10-18-44(48)46-32-24-40(35-51(46)59)39-25-33-50-47(34-39)45-19-11-13-21-49(45)58(50)41-26-22-38(23-27-41)54-56-52(36-14-6-4-7-15-36)55-53(57-54)37-16-8-5-9-17-37/h2-36H,1H3;4-35H,1-3H3. The monoisotopic (exact) mass is 1510 g/mol. The highest BCUT2D eigenvalue weighted by Crippen LogP contribution is 2.43. The molecule has 7 nitrogen and oxygen atoms in total. The van der Waals surface area contributed by atoms with Crippen LogP contribution in [0.5, 0.6) is 0 Å². The van der Waals surface area contributed by atoms with Gasteiger partial charge in [0.15, 0.2) is 17.5 Å². The summed E-state index contributed by atoms with van der Waals surface area (Å²) < 4.78 is 9.62. The lowest BCUT2D eigenvalue weighted by Gasteiger charge is -2.17. The van der Waals surface area contributed by atoms with Crippen molar-refractivity contribution in [3.05, 3.63) is 412 Å². The van der Waals surface area contributed by atoms with Crippen LogP contribution >= 0.6 is 0 Å². The molecule has 0 atom stereocenters. The van der Waals surface area contributed by atoms with Gasteiger partial charge in [-0.25, -0.2) is 15.0 Å². The Morgan fingerprint density at radius 3 is 0.880 bits per heavy atom. The van der Waals surface area contributed by atoms with Crippen molar-refractivity contribution in [3.63, 3.8) is 0 Å². The second-order valence-electron chi connectivity index (χ2n) is 31.6. The molecule has 0 saturated carbocycles. The number of hydrogen-bond acceptors (Lipinski definition) is 3. The van der Waals surface area contributed by atoms with Gasteiger partial charge in [0, 0.05) is 82.5 Å². The number of fused-ring (bicyclic) bond motifs is 12. The van der Waals surface area contributed by atoms with Crippen molar-refractivity contribution in [2.75, 3.05) is 0 Å². The maximum atomic E-state index is 4.97. The molecule has 0 aliphatic carbocycles. The van der Waals surface area contributed by atoms with Crippen molar-refractivity contribution >= 4 is 100 Å². The predicted molar refractivity (Wildman–Crippen MR) is 495 cm³/mol. The fourth-order valence-electron chi connectivity index (χ4n) is 17.4. The highest BCUT2D eigenvalue weighted by molar-refractivity contribution is 6.88. The smallest absolute Gasteiger partial charge is 0.164 e. The van der Waals surface area contributed by atoms with Crippen LogP contribution < -0.4 is 5.19 Å². The van der Waals surface area contributed by atoms with Crippen molar-refractivity contribution in [2.45, 2.75) is 26.6 Å². The van der Waals surface area contributed by atoms with Crippen molar-refractivity contribution < 1.29 is 0 Å². The third-order valence-corrected chi connectivity index (χ3v) is 25.4. The lowest BCUT2D eigenvalue weighted by atomic mass is 9.93. The van der Waals surface area contributed by atoms with E-state index in [2.05, 4.69) is 391 Å². The molecule has 0 spiro atoms. The molecule has 17 aromatic carbocycles. The normalized spacial score (nSPS) is 11.8. The van der Waals surface area contributed by atoms with E-state index in [1.807, 2.05) is 60.7 Å². The summed E-state index contributed by atoms with van der Waals surface area (Å²) in [6, 6.07) is 147. The summed E-state index contributed by atoms with van der Waals surface area (Å²) in [5, 5.41) is 11.4. The zero-order chi connectivity index (χ0) is 78.2. The van der Waals surface area contributed by atoms with Gasteiger partial charge in [-0.1, -0.05) is 297 Å². The molecule has 0 aliphatic rings. The second kappa shape index (κ2) is 29.0. The molecular weight excluding hydrogens is 1440 g/mol. The molecule has 5 heterocycles. The topological polar surface area (TPSA) is 58.4 Å². The lowest BCUT2D eigenvalue weighted by molar-refractivity contribution is 1.07. The van der Waals surface area contributed by atoms with Gasteiger partial charge in [-0.05, 0) is 202 Å². The van der Waals surface area contributed by atoms with Crippen molar-refractivity contribution in [2.24, 2.45) is 0 Å². The number of para-hydroxylation sites is 4. The molecule has 0 aliphatic heterocycles. The Morgan fingerprint density at radius 1 is 0.179 bits per heavy atom. The van der Waals surface area contributed by atoms with Gasteiger partial charge in [0.1, 0.15) is 0 Å². The fraction of sp³-hybridized carbons (Fsp3) is 0.0367. The van der Waals surface area contributed by atoms with Gasteiger partial charge in [-0.3, -0.25) is 0 Å². The van der Waals surface area contributed by atoms with Crippen LogP contribution in [-0.2, 0) is 0 Å². The van der Waals surface area contributed by atoms with Crippen LogP contribution in [0.1, 0.15) is 5.56 Å². The van der Waals surface area contributed by atoms with E-state index in [1.165, 1.54) is 154 Å². The number of rotatable bonds is 13. The summed E-state index contributed by atoms with van der Waals surface area (Å²) in [6.07, 6.45) is 0. The molecule has 22 rings (SSSR count). The molecule has 0 fully saturated rings. The molecule has 8 heteroatoms. The largest absolute Gasteiger partial charge is 0.309 e. The minimum absolute atomic E-state index is 0.640. The van der Waals surface area contributed by atoms with Crippen molar-refractivity contribution in [3.8, 4) is 113 Å². The maximum Gasteiger partial charge on any atom is 0.164 e. The third kappa shape index (κ3) is 12.8. The van der Waals surface area contributed by atoms with Crippen molar-refractivity contribution in [1.82, 2.24) is 33.2 Å². The van der Waals surface area contributed by atoms with Gasteiger partial charge >= 0.3 is 0 Å². The summed E-state index contributed by atoms with van der Waals surface area (Å²) in [4.78, 5) is 14.8. The van der Waals surface area contributed by atoms with Gasteiger partial charge in [0.2, 0.25) is 0 Å². The number of hydrogen-bond donors (Lipinski definition) is 0. The Labute approximate surface area is 680 Å². The predicted octanol–water partition coefficient (Wildman–Crippen LogP) is 28.1. The fourth-order valence-corrected chi connectivity index (χ4v) is 18.6. The Bertz CT molecular complexity index is 7450. The van der Waals surface area contributed by atoms with Gasteiger partial charge in [0.25, 0.3) is 0 Å². The number of benzene rings is 17. The first-order valence-electron chi connectivity index (χ1n) is 40.2. The summed E-state index contributed by atoms with van der Waals surface area (Å²) in [5.74, 6) is 1.94. The molecule has 117 heavy (non-hydrogen) atoms. The van der Waals surface area contributed by atoms with Crippen molar-refractivity contribution in [1.29, 1.82) is 0 Å². The Kier molecular flexibility index (Phi) is 17.4. The molecule has 0 N–H and O–H groups in total. The summed E-state index contributed by atoms with van der Waals surface area (Å²) >= 11 is 0. The van der Waals surface area contributed by atoms with Crippen LogP contribution in [0.2, 0.25) is 19.6 Å². The van der Waals surface area contributed by atoms with E-state index in [4.69, 9.17) is 15.0 Å². The van der Waals surface area contributed by atoms with Crippen LogP contribution in [0.25, 0.3) is 200 Å². The van der Waals surface area contributed by atoms with Gasteiger partial charge < -0.3 is 18.3 Å². The quantitative estimate of drug-likeness (QED) is 0.108. The van der Waals surface area contributed by atoms with Crippen LogP contribution in [-0.4, -0.2) is 41.3 Å². The van der Waals surface area contributed by atoms with Crippen LogP contribution in [0.4, 0.5) is 0 Å². The molecule has 554 valence electrons. The molecule has 0 saturated heterocycles. The molecule has 5 aromatic heterocycles. The Hall–Kier alpha value is -14.8. The molecule has 0 unspecified atom stereocenters. The number of aryl methyl sites for hydroxylation is 1. The van der Waals surface area contributed by atoms with E-state index < -0.39 is 8.07 Å². The first kappa shape index (κ1) is 70.1. The molecule has 0 radical (unpaired) electrons. The first-order chi connectivity index (χ1) is 57.5. The van der Waals surface area contributed by atoms with E-state index in [1.54, 1.807) is 0 Å². The molecule has 0 bridgehead atoms. The Balaban J connectivity index is 0.000000146. The van der Waals surface area contributed by atoms with E-state index in [0.717, 1.165) is 39.1 Å². The van der Waals surface area contributed by atoms with Gasteiger partial charge in [0.05, 0.1) is 52.2 Å². The van der Waals surface area contributed by atoms with E-state index >= 15 is 0 Å². The molecule has 0 amide bonds. The summed E-state index contributed by atoms with van der Waals surface area (Å²) in [5.41, 5.74) is 30.2. The zero-order valence-electron chi connectivity index (χ0n) is 65.3. The first-order valence-corrected chi connectivity index (χ1v) is 43.7. The summed E-state index contributed by atoms with van der Waals surface area (Å²) in [6.45, 7) is 9.35. The van der Waals surface area contributed by atoms with Crippen LogP contribution in [0.15, 0.2) is 406 Å². The SMILES string of the molecule is C[Si](C)(C)c1ccc(-n2c3ccccc3c3ccc(-c4ccc5c(c4)c4ccccc4n5-c4ccc(-c5nc(-c6ccccc6)nc(-c6ccccc6)n5)cc4)cc32)cc1.Cc1ccc(-n2c3ccccc3c3ccc(-c4ccc5c(c4)c4ccccc4n5-c4cccc(-c5cc(-c6ccccc6)cc(-c6ccccc6)c5)c4)cc32)cc1. The van der Waals surface area contributed by atoms with E-state index in [-0.39, 0.29) is 0 Å². The highest BCUT2D eigenvalue weighted by atomic mass is 28.3. The molecule has 22 aromatic rings. The minimum Gasteiger partial charge on any atom is -0.309 e. The van der Waals surface area contributed by atoms with Crippen LogP contribution in [0, 0.1) is 6.92 Å². The second-order valence-corrected chi connectivity index (χ2v) is 36.7. The average molecular weight is 1510 g/mol. The minimum atomic E-state index is -1.42. The number of aromatic nitrogens is 7. The van der Waals surface area contributed by atoms with E-state index in [0.29, 0.717) is 17.5 Å². The third-order valence-electron chi connectivity index (χ3n) is 23.3. The van der Waals surface area contributed by atoms with Crippen LogP contribution in [0.3, 0.4) is 0 Å². The highest BCUT2D eigenvalue weighted by Gasteiger charge is 2.23. The number of nitrogens with zero attached hydrogens (tertiary/aromatic N) is 7. The lowest BCUT2D eigenvalue weighted by Crippen LogP contribution is -2.37. The maximum absolute atomic E-state index is 4.97. The average Bonchev–Trinajstić information content (AvgIpc) is 1.59. The van der Waals surface area contributed by atoms with Gasteiger partial charge in [-0.15, -0.1) is 0 Å². The Morgan fingerprint density at radius 2 is 0.462 bits per heavy atom. The summed E-state index contributed by atoms with van der Waals surface area (Å²) in [7, 11) is -1.42.